The number of benzene rings is 2. The average molecular weight is 319 g/mol. The highest BCUT2D eigenvalue weighted by Gasteiger charge is 2.27. The first-order chi connectivity index (χ1) is 11.8. The molecule has 1 aliphatic heterocycles. The lowest BCUT2D eigenvalue weighted by molar-refractivity contribution is -0.364. The molecule has 24 heavy (non-hydrogen) atoms. The third kappa shape index (κ3) is 2.83. The van der Waals surface area contributed by atoms with Crippen LogP contribution in [-0.4, -0.2) is 19.1 Å². The van der Waals surface area contributed by atoms with Crippen molar-refractivity contribution < 1.29 is 14.5 Å². The molecule has 0 saturated carbocycles. The number of carbonyl (C=O) groups excluding carboxylic acids is 1. The Morgan fingerprint density at radius 2 is 1.75 bits per heavy atom. The van der Waals surface area contributed by atoms with Gasteiger partial charge < -0.3 is 4.74 Å². The number of nitrogens with one attached hydrogen (secondary N) is 1. The molecule has 2 aromatic carbocycles. The molecule has 1 N–H and O–H groups in total. The van der Waals surface area contributed by atoms with E-state index in [1.165, 1.54) is 0 Å². The van der Waals surface area contributed by atoms with Crippen molar-refractivity contribution in [3.05, 3.63) is 66.4 Å². The number of carbonyl (C=O) groups is 1. The molecule has 0 unspecified atom stereocenters. The number of fused-ring (bicyclic) bond motifs is 1. The van der Waals surface area contributed by atoms with Crippen LogP contribution in [0.5, 0.6) is 5.75 Å². The van der Waals surface area contributed by atoms with Crippen LogP contribution in [0.1, 0.15) is 23.2 Å². The molecule has 1 aliphatic rings. The lowest BCUT2D eigenvalue weighted by Crippen LogP contribution is -2.29. The van der Waals surface area contributed by atoms with Crippen molar-refractivity contribution in [2.24, 2.45) is 0 Å². The molecule has 0 amide bonds. The van der Waals surface area contributed by atoms with Gasteiger partial charge in [-0.1, -0.05) is 30.3 Å². The first-order valence-corrected chi connectivity index (χ1v) is 8.28. The van der Waals surface area contributed by atoms with Crippen LogP contribution in [-0.2, 0) is 0 Å². The molecule has 0 aliphatic carbocycles. The molecule has 3 aromatic rings. The van der Waals surface area contributed by atoms with Gasteiger partial charge in [0.25, 0.3) is 5.82 Å². The molecule has 0 atom stereocenters. The molecule has 0 bridgehead atoms. The van der Waals surface area contributed by atoms with Crippen molar-refractivity contribution in [3.63, 3.8) is 0 Å². The molecule has 1 saturated heterocycles. The fourth-order valence-corrected chi connectivity index (χ4v) is 3.19. The third-order valence-corrected chi connectivity index (χ3v) is 4.41. The monoisotopic (exact) mass is 319 g/mol. The predicted octanol–water partition coefficient (Wildman–Crippen LogP) is 3.47. The number of nitrogens with zero attached hydrogens (tertiary/aromatic N) is 1. The molecule has 0 radical (unpaired) electrons. The second kappa shape index (κ2) is 6.32. The van der Waals surface area contributed by atoms with E-state index in [0.717, 1.165) is 42.5 Å². The second-order valence-corrected chi connectivity index (χ2v) is 6.03. The highest BCUT2D eigenvalue weighted by molar-refractivity contribution is 5.96. The Morgan fingerprint density at radius 3 is 2.58 bits per heavy atom. The van der Waals surface area contributed by atoms with Crippen LogP contribution in [0.15, 0.2) is 60.8 Å². The average Bonchev–Trinajstić information content (AvgIpc) is 3.16. The zero-order valence-electron chi connectivity index (χ0n) is 13.4. The standard InChI is InChI=1S/C20H18N2O2/c23-20(18-8-5-11-21-19(18)22-12-3-4-13-22)24-17-10-9-15-6-1-2-7-16(15)14-17/h1-2,5-11,14H,3-4,12-13H2/p+1. The van der Waals surface area contributed by atoms with E-state index < -0.39 is 0 Å². The number of aromatic nitrogens is 1. The summed E-state index contributed by atoms with van der Waals surface area (Å²) in [6.07, 6.45) is 4.16. The van der Waals surface area contributed by atoms with E-state index in [4.69, 9.17) is 4.74 Å². The van der Waals surface area contributed by atoms with Crippen LogP contribution in [0.25, 0.3) is 10.8 Å². The number of ether oxygens (including phenoxy) is 1. The van der Waals surface area contributed by atoms with Crippen LogP contribution in [0.2, 0.25) is 0 Å². The van der Waals surface area contributed by atoms with E-state index in [1.54, 1.807) is 0 Å². The second-order valence-electron chi connectivity index (χ2n) is 6.03. The van der Waals surface area contributed by atoms with Gasteiger partial charge in [-0.15, -0.1) is 0 Å². The normalized spacial score (nSPS) is 14.1. The molecule has 2 heterocycles. The number of anilines is 1. The van der Waals surface area contributed by atoms with Crippen LogP contribution in [0.3, 0.4) is 0 Å². The highest BCUT2D eigenvalue weighted by atomic mass is 16.5. The summed E-state index contributed by atoms with van der Waals surface area (Å²) in [5, 5.41) is 2.19. The summed E-state index contributed by atoms with van der Waals surface area (Å²) in [5.41, 5.74) is 0.576. The molecule has 1 aromatic heterocycles. The van der Waals surface area contributed by atoms with E-state index >= 15 is 0 Å². The smallest absolute Gasteiger partial charge is 0.351 e. The quantitative estimate of drug-likeness (QED) is 0.548. The van der Waals surface area contributed by atoms with Gasteiger partial charge in [0.2, 0.25) is 0 Å². The van der Waals surface area contributed by atoms with E-state index in [-0.39, 0.29) is 5.97 Å². The minimum atomic E-state index is -0.330. The van der Waals surface area contributed by atoms with Crippen molar-refractivity contribution >= 4 is 22.6 Å². The molecule has 1 fully saturated rings. The minimum Gasteiger partial charge on any atom is -0.423 e. The Bertz CT molecular complexity index is 885. The summed E-state index contributed by atoms with van der Waals surface area (Å²) >= 11 is 0. The Labute approximate surface area is 140 Å². The fourth-order valence-electron chi connectivity index (χ4n) is 3.19. The number of hydrogen-bond donors (Lipinski definition) is 0. The Morgan fingerprint density at radius 1 is 0.958 bits per heavy atom. The highest BCUT2D eigenvalue weighted by Crippen LogP contribution is 2.24. The van der Waals surface area contributed by atoms with Crippen molar-refractivity contribution in [2.45, 2.75) is 12.8 Å². The van der Waals surface area contributed by atoms with Crippen LogP contribution in [0, 0.1) is 0 Å². The lowest BCUT2D eigenvalue weighted by atomic mass is 10.1. The summed E-state index contributed by atoms with van der Waals surface area (Å²) in [4.78, 5) is 18.1. The zero-order chi connectivity index (χ0) is 16.4. The Balaban J connectivity index is 1.61. The van der Waals surface area contributed by atoms with Crippen LogP contribution in [0.4, 0.5) is 5.82 Å². The first kappa shape index (κ1) is 14.7. The topological polar surface area (TPSA) is 43.7 Å². The van der Waals surface area contributed by atoms with Crippen molar-refractivity contribution in [3.8, 4) is 5.75 Å². The largest absolute Gasteiger partial charge is 0.423 e. The number of aromatic amines is 1. The maximum atomic E-state index is 12.7. The summed E-state index contributed by atoms with van der Waals surface area (Å²) in [5.74, 6) is 1.08. The van der Waals surface area contributed by atoms with Gasteiger partial charge in [-0.25, -0.2) is 9.78 Å². The van der Waals surface area contributed by atoms with Gasteiger partial charge in [0.05, 0.1) is 19.3 Å². The van der Waals surface area contributed by atoms with Gasteiger partial charge in [-0.2, -0.15) is 0 Å². The van der Waals surface area contributed by atoms with Gasteiger partial charge in [-0.3, -0.25) is 4.90 Å². The third-order valence-electron chi connectivity index (χ3n) is 4.41. The number of pyridine rings is 1. The lowest BCUT2D eigenvalue weighted by Gasteiger charge is -2.12. The van der Waals surface area contributed by atoms with Gasteiger partial charge in [0.15, 0.2) is 0 Å². The van der Waals surface area contributed by atoms with Gasteiger partial charge in [0.1, 0.15) is 11.3 Å². The number of rotatable bonds is 3. The Kier molecular flexibility index (Phi) is 3.87. The number of esters is 1. The summed E-state index contributed by atoms with van der Waals surface area (Å²) < 4.78 is 5.62. The van der Waals surface area contributed by atoms with Crippen molar-refractivity contribution in [1.82, 2.24) is 0 Å². The van der Waals surface area contributed by atoms with E-state index in [0.29, 0.717) is 11.3 Å². The van der Waals surface area contributed by atoms with E-state index in [2.05, 4.69) is 9.88 Å². The molecule has 4 heteroatoms. The molecular weight excluding hydrogens is 300 g/mol. The fraction of sp³-hybridized carbons (Fsp3) is 0.200. The number of H-pyrrole nitrogens is 1. The predicted molar refractivity (Wildman–Crippen MR) is 93.4 cm³/mol. The van der Waals surface area contributed by atoms with Crippen LogP contribution < -0.4 is 14.6 Å². The zero-order valence-corrected chi connectivity index (χ0v) is 13.4. The molecule has 4 rings (SSSR count). The molecular formula is C20H19N2O2+. The van der Waals surface area contributed by atoms with Gasteiger partial charge in [0, 0.05) is 0 Å². The molecule has 4 nitrogen and oxygen atoms in total. The van der Waals surface area contributed by atoms with Crippen molar-refractivity contribution in [2.75, 3.05) is 18.0 Å². The van der Waals surface area contributed by atoms with E-state index in [9.17, 15) is 4.79 Å². The minimum absolute atomic E-state index is 0.330. The van der Waals surface area contributed by atoms with E-state index in [1.807, 2.05) is 60.8 Å². The number of hydrogen-bond acceptors (Lipinski definition) is 3. The van der Waals surface area contributed by atoms with Gasteiger partial charge in [-0.05, 0) is 47.9 Å². The summed E-state index contributed by atoms with van der Waals surface area (Å²) in [6.45, 7) is 1.94. The maximum Gasteiger partial charge on any atom is 0.351 e. The van der Waals surface area contributed by atoms with Crippen molar-refractivity contribution in [1.29, 1.82) is 0 Å². The first-order valence-electron chi connectivity index (χ1n) is 8.28. The maximum absolute atomic E-state index is 12.7. The Hall–Kier alpha value is -2.88. The SMILES string of the molecule is O=C(Oc1ccc2ccccc2c1)c1ccc[nH+]c1N1CCCC1. The summed E-state index contributed by atoms with van der Waals surface area (Å²) in [6, 6.07) is 17.4. The van der Waals surface area contributed by atoms with Gasteiger partial charge >= 0.3 is 5.97 Å². The molecule has 120 valence electrons. The summed E-state index contributed by atoms with van der Waals surface area (Å²) in [7, 11) is 0. The van der Waals surface area contributed by atoms with Crippen LogP contribution >= 0.6 is 0 Å². The molecule has 0 spiro atoms.